The second kappa shape index (κ2) is 8.68. The fraction of sp³-hybridized carbons (Fsp3) is 0.188. The number of rotatable bonds is 7. The third kappa shape index (κ3) is 5.33. The van der Waals surface area contributed by atoms with Crippen LogP contribution in [-0.4, -0.2) is 23.7 Å². The van der Waals surface area contributed by atoms with Crippen LogP contribution in [0.15, 0.2) is 36.4 Å². The molecule has 132 valence electrons. The summed E-state index contributed by atoms with van der Waals surface area (Å²) in [7, 11) is 1.40. The number of nitro groups is 1. The number of ether oxygens (including phenoxy) is 1. The monoisotopic (exact) mass is 384 g/mol. The molecule has 0 radical (unpaired) electrons. The van der Waals surface area contributed by atoms with Gasteiger partial charge in [-0.1, -0.05) is 17.7 Å². The highest BCUT2D eigenvalue weighted by molar-refractivity contribution is 7.99. The first-order valence-corrected chi connectivity index (χ1v) is 8.58. The molecule has 9 heteroatoms. The van der Waals surface area contributed by atoms with Crippen molar-refractivity contribution in [2.24, 2.45) is 0 Å². The number of hydrogen-bond donors (Lipinski definition) is 1. The maximum absolute atomic E-state index is 13.7. The van der Waals surface area contributed by atoms with E-state index in [4.69, 9.17) is 16.3 Å². The molecule has 2 aromatic rings. The number of carbonyl (C=O) groups is 1. The molecule has 1 amide bonds. The Morgan fingerprint density at radius 1 is 1.36 bits per heavy atom. The number of benzene rings is 2. The first-order valence-electron chi connectivity index (χ1n) is 7.04. The number of methoxy groups -OCH3 is 1. The molecule has 2 rings (SSSR count). The van der Waals surface area contributed by atoms with E-state index >= 15 is 0 Å². The quantitative estimate of drug-likeness (QED) is 0.569. The number of halogens is 2. The normalized spacial score (nSPS) is 10.4. The van der Waals surface area contributed by atoms with Crippen LogP contribution in [-0.2, 0) is 10.5 Å². The molecule has 25 heavy (non-hydrogen) atoms. The van der Waals surface area contributed by atoms with Crippen molar-refractivity contribution in [1.29, 1.82) is 0 Å². The van der Waals surface area contributed by atoms with Crippen molar-refractivity contribution < 1.29 is 18.8 Å². The molecule has 0 bridgehead atoms. The molecule has 6 nitrogen and oxygen atoms in total. The average molecular weight is 385 g/mol. The molecule has 0 heterocycles. The summed E-state index contributed by atoms with van der Waals surface area (Å²) < 4.78 is 18.7. The third-order valence-electron chi connectivity index (χ3n) is 3.17. The van der Waals surface area contributed by atoms with Crippen molar-refractivity contribution in [3.05, 3.63) is 62.9 Å². The highest BCUT2D eigenvalue weighted by atomic mass is 35.5. The number of carbonyl (C=O) groups excluding carboxylic acids is 1. The standard InChI is InChI=1S/C16H14ClFN2O4S/c1-24-15-5-4-12(20(22)23)7-14(15)19-16(21)9-25-8-10-2-3-11(17)6-13(10)18/h2-7H,8-9H2,1H3,(H,19,21). The lowest BCUT2D eigenvalue weighted by Gasteiger charge is -2.10. The van der Waals surface area contributed by atoms with Crippen LogP contribution in [0, 0.1) is 15.9 Å². The van der Waals surface area contributed by atoms with E-state index in [0.717, 1.165) is 0 Å². The Morgan fingerprint density at radius 3 is 2.76 bits per heavy atom. The van der Waals surface area contributed by atoms with E-state index in [9.17, 15) is 19.3 Å². The minimum Gasteiger partial charge on any atom is -0.495 e. The van der Waals surface area contributed by atoms with Crippen LogP contribution < -0.4 is 10.1 Å². The number of non-ortho nitro benzene ring substituents is 1. The summed E-state index contributed by atoms with van der Waals surface area (Å²) >= 11 is 6.89. The average Bonchev–Trinajstić information content (AvgIpc) is 2.56. The molecule has 0 saturated heterocycles. The Morgan fingerprint density at radius 2 is 2.12 bits per heavy atom. The first-order chi connectivity index (χ1) is 11.9. The summed E-state index contributed by atoms with van der Waals surface area (Å²) in [5, 5.41) is 13.7. The lowest BCUT2D eigenvalue weighted by atomic mass is 10.2. The molecule has 0 fully saturated rings. The van der Waals surface area contributed by atoms with Gasteiger partial charge in [-0.25, -0.2) is 4.39 Å². The van der Waals surface area contributed by atoms with Gasteiger partial charge in [-0.3, -0.25) is 14.9 Å². The minimum atomic E-state index is -0.562. The van der Waals surface area contributed by atoms with Gasteiger partial charge in [-0.2, -0.15) is 0 Å². The number of anilines is 1. The molecule has 0 saturated carbocycles. The topological polar surface area (TPSA) is 81.5 Å². The Hall–Kier alpha value is -2.32. The lowest BCUT2D eigenvalue weighted by molar-refractivity contribution is -0.384. The van der Waals surface area contributed by atoms with Gasteiger partial charge in [0.25, 0.3) is 5.69 Å². The van der Waals surface area contributed by atoms with E-state index < -0.39 is 10.7 Å². The van der Waals surface area contributed by atoms with E-state index in [1.165, 1.54) is 43.1 Å². The summed E-state index contributed by atoms with van der Waals surface area (Å²) in [6, 6.07) is 8.27. The van der Waals surface area contributed by atoms with Gasteiger partial charge in [0.05, 0.1) is 23.5 Å². The Kier molecular flexibility index (Phi) is 6.60. The Labute approximate surface area is 152 Å². The number of amides is 1. The minimum absolute atomic E-state index is 0.0495. The predicted molar refractivity (Wildman–Crippen MR) is 95.9 cm³/mol. The van der Waals surface area contributed by atoms with Gasteiger partial charge >= 0.3 is 0 Å². The second-order valence-electron chi connectivity index (χ2n) is 4.92. The SMILES string of the molecule is COc1ccc([N+](=O)[O-])cc1NC(=O)CSCc1ccc(Cl)cc1F. The number of hydrogen-bond acceptors (Lipinski definition) is 5. The van der Waals surface area contributed by atoms with Gasteiger partial charge in [0.2, 0.25) is 5.91 Å². The zero-order valence-electron chi connectivity index (χ0n) is 13.1. The van der Waals surface area contributed by atoms with Gasteiger partial charge in [0.15, 0.2) is 0 Å². The maximum atomic E-state index is 13.7. The van der Waals surface area contributed by atoms with Crippen molar-refractivity contribution in [2.75, 3.05) is 18.2 Å². The summed E-state index contributed by atoms with van der Waals surface area (Å²) in [6.45, 7) is 0. The second-order valence-corrected chi connectivity index (χ2v) is 6.34. The van der Waals surface area contributed by atoms with Crippen LogP contribution in [0.4, 0.5) is 15.8 Å². The predicted octanol–water partition coefficient (Wildman–Crippen LogP) is 4.27. The van der Waals surface area contributed by atoms with Gasteiger partial charge < -0.3 is 10.1 Å². The molecule has 2 aromatic carbocycles. The number of nitrogens with one attached hydrogen (secondary N) is 1. The van der Waals surface area contributed by atoms with E-state index in [1.807, 2.05) is 0 Å². The zero-order valence-corrected chi connectivity index (χ0v) is 14.7. The van der Waals surface area contributed by atoms with Gasteiger partial charge in [-0.05, 0) is 23.8 Å². The Bertz CT molecular complexity index is 804. The molecule has 0 aliphatic rings. The van der Waals surface area contributed by atoms with Crippen molar-refractivity contribution >= 4 is 40.6 Å². The molecule has 1 N–H and O–H groups in total. The molecule has 0 aromatic heterocycles. The third-order valence-corrected chi connectivity index (χ3v) is 4.39. The Balaban J connectivity index is 1.96. The van der Waals surface area contributed by atoms with Crippen LogP contribution in [0.5, 0.6) is 5.75 Å². The smallest absolute Gasteiger partial charge is 0.271 e. The lowest BCUT2D eigenvalue weighted by Crippen LogP contribution is -2.15. The number of thioether (sulfide) groups is 1. The molecular weight excluding hydrogens is 371 g/mol. The molecule has 0 aliphatic carbocycles. The summed E-state index contributed by atoms with van der Waals surface area (Å²) in [5.74, 6) is -0.150. The van der Waals surface area contributed by atoms with Crippen molar-refractivity contribution in [3.63, 3.8) is 0 Å². The molecule has 0 unspecified atom stereocenters. The van der Waals surface area contributed by atoms with Gasteiger partial charge in [-0.15, -0.1) is 11.8 Å². The van der Waals surface area contributed by atoms with E-state index in [2.05, 4.69) is 5.32 Å². The summed E-state index contributed by atoms with van der Waals surface area (Å²) in [6.07, 6.45) is 0. The molecule has 0 aliphatic heterocycles. The van der Waals surface area contributed by atoms with Crippen molar-refractivity contribution in [2.45, 2.75) is 5.75 Å². The molecular formula is C16H14ClFN2O4S. The number of nitro benzene ring substituents is 1. The highest BCUT2D eigenvalue weighted by Gasteiger charge is 2.14. The highest BCUT2D eigenvalue weighted by Crippen LogP contribution is 2.29. The maximum Gasteiger partial charge on any atom is 0.271 e. The van der Waals surface area contributed by atoms with Crippen LogP contribution in [0.2, 0.25) is 5.02 Å². The van der Waals surface area contributed by atoms with Crippen molar-refractivity contribution in [1.82, 2.24) is 0 Å². The largest absolute Gasteiger partial charge is 0.495 e. The van der Waals surface area contributed by atoms with Crippen molar-refractivity contribution in [3.8, 4) is 5.75 Å². The fourth-order valence-corrected chi connectivity index (χ4v) is 2.96. The van der Waals surface area contributed by atoms with Crippen LogP contribution in [0.1, 0.15) is 5.56 Å². The molecule has 0 spiro atoms. The first kappa shape index (κ1) is 19.0. The molecule has 0 atom stereocenters. The van der Waals surface area contributed by atoms with E-state index in [-0.39, 0.29) is 23.0 Å². The summed E-state index contributed by atoms with van der Waals surface area (Å²) in [5.41, 5.74) is 0.488. The summed E-state index contributed by atoms with van der Waals surface area (Å²) in [4.78, 5) is 22.3. The van der Waals surface area contributed by atoms with Gasteiger partial charge in [0.1, 0.15) is 11.6 Å². The fourth-order valence-electron chi connectivity index (χ4n) is 1.99. The van der Waals surface area contributed by atoms with Crippen LogP contribution in [0.3, 0.4) is 0 Å². The zero-order chi connectivity index (χ0) is 18.4. The van der Waals surface area contributed by atoms with Crippen LogP contribution in [0.25, 0.3) is 0 Å². The number of nitrogens with zero attached hydrogens (tertiary/aromatic N) is 1. The van der Waals surface area contributed by atoms with E-state index in [0.29, 0.717) is 22.1 Å². The van der Waals surface area contributed by atoms with E-state index in [1.54, 1.807) is 12.1 Å². The van der Waals surface area contributed by atoms with Crippen LogP contribution >= 0.6 is 23.4 Å². The van der Waals surface area contributed by atoms with Gasteiger partial charge in [0, 0.05) is 22.9 Å².